The van der Waals surface area contributed by atoms with Crippen LogP contribution in [0.2, 0.25) is 0 Å². The molecular formula is C14H11N5O3. The number of methoxy groups -OCH3 is 1. The fourth-order valence-corrected chi connectivity index (χ4v) is 1.89. The van der Waals surface area contributed by atoms with Crippen LogP contribution in [0.25, 0.3) is 17.1 Å². The number of benzene rings is 2. The van der Waals surface area contributed by atoms with E-state index in [4.69, 9.17) is 4.74 Å². The predicted octanol–water partition coefficient (Wildman–Crippen LogP) is 2.25. The fourth-order valence-electron chi connectivity index (χ4n) is 1.89. The molecule has 0 N–H and O–H groups in total. The summed E-state index contributed by atoms with van der Waals surface area (Å²) in [6, 6.07) is 13.2. The second-order valence-electron chi connectivity index (χ2n) is 4.40. The third-order valence-corrected chi connectivity index (χ3v) is 3.05. The highest BCUT2D eigenvalue weighted by Crippen LogP contribution is 2.19. The highest BCUT2D eigenvalue weighted by atomic mass is 16.6. The maximum absolute atomic E-state index is 10.6. The highest BCUT2D eigenvalue weighted by molar-refractivity contribution is 5.56. The first-order valence-electron chi connectivity index (χ1n) is 6.36. The van der Waals surface area contributed by atoms with Gasteiger partial charge in [-0.05, 0) is 41.6 Å². The molecule has 22 heavy (non-hydrogen) atoms. The fraction of sp³-hybridized carbons (Fsp3) is 0.0714. The minimum absolute atomic E-state index is 0.0197. The molecule has 0 amide bonds. The molecule has 0 saturated heterocycles. The summed E-state index contributed by atoms with van der Waals surface area (Å²) in [4.78, 5) is 11.6. The molecule has 0 atom stereocenters. The van der Waals surface area contributed by atoms with Gasteiger partial charge in [0.2, 0.25) is 5.82 Å². The van der Waals surface area contributed by atoms with Crippen LogP contribution in [0.4, 0.5) is 5.69 Å². The van der Waals surface area contributed by atoms with Gasteiger partial charge < -0.3 is 4.74 Å². The van der Waals surface area contributed by atoms with Gasteiger partial charge in [-0.25, -0.2) is 0 Å². The molecule has 3 aromatic rings. The summed E-state index contributed by atoms with van der Waals surface area (Å²) in [7, 11) is 1.59. The molecule has 0 radical (unpaired) electrons. The van der Waals surface area contributed by atoms with E-state index in [0.29, 0.717) is 11.4 Å². The summed E-state index contributed by atoms with van der Waals surface area (Å²) in [5.74, 6) is 1.13. The van der Waals surface area contributed by atoms with Crippen LogP contribution in [0, 0.1) is 10.1 Å². The summed E-state index contributed by atoms with van der Waals surface area (Å²) in [5, 5.41) is 22.8. The number of nitrogens with zero attached hydrogens (tertiary/aromatic N) is 5. The lowest BCUT2D eigenvalue weighted by molar-refractivity contribution is -0.384. The Balaban J connectivity index is 1.87. The lowest BCUT2D eigenvalue weighted by Crippen LogP contribution is -1.98. The minimum atomic E-state index is -0.453. The van der Waals surface area contributed by atoms with E-state index in [1.54, 1.807) is 43.5 Å². The van der Waals surface area contributed by atoms with Crippen LogP contribution in [-0.4, -0.2) is 32.2 Å². The monoisotopic (exact) mass is 297 g/mol. The summed E-state index contributed by atoms with van der Waals surface area (Å²) in [6.45, 7) is 0. The van der Waals surface area contributed by atoms with E-state index in [9.17, 15) is 10.1 Å². The van der Waals surface area contributed by atoms with E-state index in [1.165, 1.54) is 16.9 Å². The number of nitro benzene ring substituents is 1. The summed E-state index contributed by atoms with van der Waals surface area (Å²) >= 11 is 0. The van der Waals surface area contributed by atoms with Crippen LogP contribution in [0.15, 0.2) is 48.5 Å². The number of non-ortho nitro benzene ring substituents is 1. The van der Waals surface area contributed by atoms with Gasteiger partial charge in [-0.3, -0.25) is 10.1 Å². The Morgan fingerprint density at radius 2 is 1.77 bits per heavy atom. The molecule has 0 spiro atoms. The number of rotatable bonds is 4. The Labute approximate surface area is 125 Å². The van der Waals surface area contributed by atoms with Crippen molar-refractivity contribution in [3.05, 3.63) is 58.6 Å². The molecule has 0 bridgehead atoms. The van der Waals surface area contributed by atoms with Gasteiger partial charge >= 0.3 is 0 Å². The number of tetrazole rings is 1. The first kappa shape index (κ1) is 13.7. The van der Waals surface area contributed by atoms with Crippen molar-refractivity contribution in [1.29, 1.82) is 0 Å². The second kappa shape index (κ2) is 5.60. The first-order valence-corrected chi connectivity index (χ1v) is 6.36. The number of aromatic nitrogens is 4. The second-order valence-corrected chi connectivity index (χ2v) is 4.40. The molecule has 0 aliphatic heterocycles. The van der Waals surface area contributed by atoms with Gasteiger partial charge in [0.25, 0.3) is 5.69 Å². The normalized spacial score (nSPS) is 10.4. The molecule has 1 heterocycles. The molecule has 8 heteroatoms. The molecular weight excluding hydrogens is 286 g/mol. The van der Waals surface area contributed by atoms with Gasteiger partial charge in [-0.2, -0.15) is 0 Å². The predicted molar refractivity (Wildman–Crippen MR) is 77.8 cm³/mol. The van der Waals surface area contributed by atoms with Crippen molar-refractivity contribution in [2.45, 2.75) is 0 Å². The van der Waals surface area contributed by atoms with Crippen LogP contribution in [0.3, 0.4) is 0 Å². The van der Waals surface area contributed by atoms with Crippen molar-refractivity contribution in [3.8, 4) is 22.8 Å². The average molecular weight is 297 g/mol. The Kier molecular flexibility index (Phi) is 3.48. The van der Waals surface area contributed by atoms with Crippen molar-refractivity contribution < 1.29 is 9.66 Å². The van der Waals surface area contributed by atoms with E-state index in [1.807, 2.05) is 0 Å². The molecule has 1 aromatic heterocycles. The van der Waals surface area contributed by atoms with Gasteiger partial charge in [0.15, 0.2) is 0 Å². The average Bonchev–Trinajstić information content (AvgIpc) is 3.05. The molecule has 8 nitrogen and oxygen atoms in total. The summed E-state index contributed by atoms with van der Waals surface area (Å²) < 4.78 is 5.09. The number of hydrogen-bond acceptors (Lipinski definition) is 6. The Hall–Kier alpha value is -3.29. The molecule has 0 aliphatic rings. The van der Waals surface area contributed by atoms with Gasteiger partial charge in [0, 0.05) is 17.7 Å². The minimum Gasteiger partial charge on any atom is -0.497 e. The van der Waals surface area contributed by atoms with E-state index in [-0.39, 0.29) is 5.69 Å². The molecule has 0 saturated carbocycles. The van der Waals surface area contributed by atoms with Crippen LogP contribution in [0.5, 0.6) is 5.75 Å². The number of nitro groups is 1. The van der Waals surface area contributed by atoms with Crippen molar-refractivity contribution in [3.63, 3.8) is 0 Å². The lowest BCUT2D eigenvalue weighted by Gasteiger charge is -2.01. The molecule has 0 aliphatic carbocycles. The largest absolute Gasteiger partial charge is 0.497 e. The highest BCUT2D eigenvalue weighted by Gasteiger charge is 2.10. The van der Waals surface area contributed by atoms with Crippen molar-refractivity contribution in [1.82, 2.24) is 20.2 Å². The van der Waals surface area contributed by atoms with E-state index < -0.39 is 4.92 Å². The van der Waals surface area contributed by atoms with Crippen LogP contribution < -0.4 is 4.74 Å². The Bertz CT molecular complexity index is 796. The third-order valence-electron chi connectivity index (χ3n) is 3.05. The van der Waals surface area contributed by atoms with Gasteiger partial charge in [-0.1, -0.05) is 0 Å². The summed E-state index contributed by atoms with van der Waals surface area (Å²) in [5.41, 5.74) is 1.41. The smallest absolute Gasteiger partial charge is 0.269 e. The number of ether oxygens (including phenoxy) is 1. The maximum atomic E-state index is 10.6. The maximum Gasteiger partial charge on any atom is 0.269 e. The van der Waals surface area contributed by atoms with Gasteiger partial charge in [0.05, 0.1) is 17.7 Å². The number of hydrogen-bond donors (Lipinski definition) is 0. The van der Waals surface area contributed by atoms with E-state index in [2.05, 4.69) is 15.4 Å². The van der Waals surface area contributed by atoms with E-state index >= 15 is 0 Å². The van der Waals surface area contributed by atoms with Gasteiger partial charge in [0.1, 0.15) is 5.75 Å². The quantitative estimate of drug-likeness (QED) is 0.541. The Morgan fingerprint density at radius 3 is 2.36 bits per heavy atom. The zero-order chi connectivity index (χ0) is 15.5. The molecule has 0 fully saturated rings. The van der Waals surface area contributed by atoms with Crippen LogP contribution >= 0.6 is 0 Å². The topological polar surface area (TPSA) is 96.0 Å². The zero-order valence-electron chi connectivity index (χ0n) is 11.6. The zero-order valence-corrected chi connectivity index (χ0v) is 11.6. The lowest BCUT2D eigenvalue weighted by atomic mass is 10.2. The molecule has 2 aromatic carbocycles. The summed E-state index contributed by atoms with van der Waals surface area (Å²) in [6.07, 6.45) is 0. The van der Waals surface area contributed by atoms with Crippen molar-refractivity contribution >= 4 is 5.69 Å². The first-order chi connectivity index (χ1) is 10.7. The van der Waals surface area contributed by atoms with Crippen molar-refractivity contribution in [2.75, 3.05) is 7.11 Å². The van der Waals surface area contributed by atoms with Crippen LogP contribution in [0.1, 0.15) is 0 Å². The van der Waals surface area contributed by atoms with Crippen LogP contribution in [-0.2, 0) is 0 Å². The van der Waals surface area contributed by atoms with Gasteiger partial charge in [-0.15, -0.1) is 15.0 Å². The Morgan fingerprint density at radius 1 is 1.09 bits per heavy atom. The van der Waals surface area contributed by atoms with E-state index in [0.717, 1.165) is 11.4 Å². The molecule has 3 rings (SSSR count). The molecule has 110 valence electrons. The standard InChI is InChI=1S/C14H11N5O3/c1-22-13-8-6-11(7-9-13)18-16-14(15-17-18)10-2-4-12(5-3-10)19(20)21/h2-9H,1H3. The van der Waals surface area contributed by atoms with Crippen molar-refractivity contribution in [2.24, 2.45) is 0 Å². The third kappa shape index (κ3) is 2.62. The SMILES string of the molecule is COc1ccc(-n2nnc(-c3ccc([N+](=O)[O-])cc3)n2)cc1. The molecule has 0 unspecified atom stereocenters.